The highest BCUT2D eigenvalue weighted by atomic mass is 17.1. The Morgan fingerprint density at radius 2 is 1.29 bits per heavy atom. The lowest BCUT2D eigenvalue weighted by Crippen LogP contribution is -1.86. The molecule has 4 heteroatoms. The molecule has 0 radical (unpaired) electrons. The van der Waals surface area contributed by atoms with Crippen LogP contribution in [0.5, 0.6) is 0 Å². The monoisotopic (exact) mass is 392 g/mol. The van der Waals surface area contributed by atoms with Gasteiger partial charge in [0.1, 0.15) is 0 Å². The summed E-state index contributed by atoms with van der Waals surface area (Å²) in [6, 6.07) is 0. The summed E-state index contributed by atoms with van der Waals surface area (Å²) in [4.78, 5) is 14.5. The average molecular weight is 393 g/mol. The Hall–Kier alpha value is -1.81. The van der Waals surface area contributed by atoms with E-state index in [1.165, 1.54) is 95.6 Å². The summed E-state index contributed by atoms with van der Waals surface area (Å²) in [7, 11) is 0. The third-order valence-electron chi connectivity index (χ3n) is 4.59. The smallest absolute Gasteiger partial charge is 0.328 e. The first-order valence-electron chi connectivity index (χ1n) is 11.0. The number of allylic oxidation sites excluding steroid dienone is 6. The fourth-order valence-electron chi connectivity index (χ4n) is 2.95. The van der Waals surface area contributed by atoms with Crippen LogP contribution in [0, 0.1) is 0 Å². The predicted octanol–water partition coefficient (Wildman–Crippen LogP) is 7.59. The van der Waals surface area contributed by atoms with Crippen LogP contribution in [0.15, 0.2) is 48.3 Å². The van der Waals surface area contributed by atoms with Gasteiger partial charge in [0.25, 0.3) is 0 Å². The molecular weight excluding hydrogens is 352 g/mol. The Kier molecular flexibility index (Phi) is 20.1. The molecule has 0 saturated heterocycles. The lowest BCUT2D eigenvalue weighted by molar-refractivity contribution is -0.198. The molecule has 0 unspecified atom stereocenters. The summed E-state index contributed by atoms with van der Waals surface area (Å²) in [5.41, 5.74) is 0. The van der Waals surface area contributed by atoms with Crippen molar-refractivity contribution in [2.24, 2.45) is 0 Å². The number of carboxylic acids is 1. The van der Waals surface area contributed by atoms with E-state index in [4.69, 9.17) is 10.4 Å². The van der Waals surface area contributed by atoms with Crippen LogP contribution in [0.25, 0.3) is 0 Å². The van der Waals surface area contributed by atoms with Crippen LogP contribution < -0.4 is 0 Å². The van der Waals surface area contributed by atoms with E-state index in [2.05, 4.69) is 17.9 Å². The van der Waals surface area contributed by atoms with Gasteiger partial charge in [0.15, 0.2) is 5.76 Å². The molecule has 0 amide bonds. The van der Waals surface area contributed by atoms with Gasteiger partial charge >= 0.3 is 5.97 Å². The molecule has 0 aromatic carbocycles. The van der Waals surface area contributed by atoms with Crippen molar-refractivity contribution in [3.8, 4) is 0 Å². The summed E-state index contributed by atoms with van der Waals surface area (Å²) in [6.07, 6.45) is 29.7. The van der Waals surface area contributed by atoms with Crippen molar-refractivity contribution in [3.05, 3.63) is 48.3 Å². The Labute approximate surface area is 171 Å². The molecule has 0 fully saturated rings. The van der Waals surface area contributed by atoms with Crippen molar-refractivity contribution in [2.45, 2.75) is 96.8 Å². The van der Waals surface area contributed by atoms with Gasteiger partial charge in [-0.05, 0) is 25.0 Å². The van der Waals surface area contributed by atoms with E-state index in [0.29, 0.717) is 0 Å². The summed E-state index contributed by atoms with van der Waals surface area (Å²) in [6.45, 7) is 2.27. The SMILES string of the molecule is CCCCCCCCCCCCCCCC=CC=CC(=CC=CC(=O)O)OO. The van der Waals surface area contributed by atoms with Crippen LogP contribution in [0.4, 0.5) is 0 Å². The van der Waals surface area contributed by atoms with Gasteiger partial charge in [-0.15, -0.1) is 0 Å². The maximum Gasteiger partial charge on any atom is 0.328 e. The van der Waals surface area contributed by atoms with Gasteiger partial charge in [0, 0.05) is 6.08 Å². The Bertz CT molecular complexity index is 475. The summed E-state index contributed by atoms with van der Waals surface area (Å²) in [5, 5.41) is 17.2. The lowest BCUT2D eigenvalue weighted by Gasteiger charge is -2.02. The number of hydrogen-bond donors (Lipinski definition) is 2. The summed E-state index contributed by atoms with van der Waals surface area (Å²) < 4.78 is 0. The molecule has 160 valence electrons. The van der Waals surface area contributed by atoms with E-state index in [1.807, 2.05) is 6.08 Å². The third kappa shape index (κ3) is 20.5. The summed E-state index contributed by atoms with van der Waals surface area (Å²) in [5.74, 6) is -0.863. The molecule has 0 heterocycles. The van der Waals surface area contributed by atoms with Crippen LogP contribution in [0.1, 0.15) is 96.8 Å². The second-order valence-corrected chi connectivity index (χ2v) is 7.18. The maximum absolute atomic E-state index is 10.3. The topological polar surface area (TPSA) is 66.8 Å². The molecule has 0 rings (SSSR count). The van der Waals surface area contributed by atoms with Crippen molar-refractivity contribution in [3.63, 3.8) is 0 Å². The molecule has 0 aliphatic carbocycles. The summed E-state index contributed by atoms with van der Waals surface area (Å²) >= 11 is 0. The van der Waals surface area contributed by atoms with Crippen LogP contribution in [-0.4, -0.2) is 16.3 Å². The minimum Gasteiger partial charge on any atom is -0.478 e. The fourth-order valence-corrected chi connectivity index (χ4v) is 2.95. The van der Waals surface area contributed by atoms with Crippen molar-refractivity contribution < 1.29 is 20.0 Å². The van der Waals surface area contributed by atoms with Gasteiger partial charge in [-0.3, -0.25) is 0 Å². The number of carboxylic acid groups (broad SMARTS) is 1. The maximum atomic E-state index is 10.3. The first-order chi connectivity index (χ1) is 13.7. The zero-order chi connectivity index (χ0) is 20.7. The third-order valence-corrected chi connectivity index (χ3v) is 4.59. The largest absolute Gasteiger partial charge is 0.478 e. The quantitative estimate of drug-likeness (QED) is 0.0593. The molecular formula is C24H40O4. The number of rotatable bonds is 19. The van der Waals surface area contributed by atoms with E-state index < -0.39 is 5.97 Å². The van der Waals surface area contributed by atoms with Crippen LogP contribution in [0.3, 0.4) is 0 Å². The molecule has 0 saturated carbocycles. The van der Waals surface area contributed by atoms with Crippen molar-refractivity contribution in [1.29, 1.82) is 0 Å². The number of aliphatic carboxylic acids is 1. The molecule has 0 bridgehead atoms. The van der Waals surface area contributed by atoms with Gasteiger partial charge in [-0.25, -0.2) is 10.1 Å². The molecule has 0 aliphatic rings. The second-order valence-electron chi connectivity index (χ2n) is 7.18. The van der Waals surface area contributed by atoms with Gasteiger partial charge in [0.2, 0.25) is 0 Å². The average Bonchev–Trinajstić information content (AvgIpc) is 2.68. The number of hydrogen-bond acceptors (Lipinski definition) is 3. The first-order valence-corrected chi connectivity index (χ1v) is 11.0. The Morgan fingerprint density at radius 1 is 0.750 bits per heavy atom. The highest BCUT2D eigenvalue weighted by molar-refractivity contribution is 5.80. The molecule has 28 heavy (non-hydrogen) atoms. The van der Waals surface area contributed by atoms with Crippen LogP contribution >= 0.6 is 0 Å². The normalized spacial score (nSPS) is 12.6. The minimum atomic E-state index is -1.05. The van der Waals surface area contributed by atoms with Crippen molar-refractivity contribution >= 4 is 5.97 Å². The van der Waals surface area contributed by atoms with Crippen molar-refractivity contribution in [2.75, 3.05) is 0 Å². The standard InChI is InChI=1S/C24H40O4/c1-2-3-4-5-6-7-8-9-10-11-12-13-14-15-16-17-18-20-23(28-27)21-19-22-24(25)26/h16-22,27H,2-15H2,1H3,(H,25,26). The van der Waals surface area contributed by atoms with Gasteiger partial charge < -0.3 is 9.99 Å². The van der Waals surface area contributed by atoms with E-state index in [1.54, 1.807) is 12.2 Å². The number of unbranched alkanes of at least 4 members (excludes halogenated alkanes) is 13. The van der Waals surface area contributed by atoms with Gasteiger partial charge in [-0.2, -0.15) is 0 Å². The molecule has 0 spiro atoms. The van der Waals surface area contributed by atoms with E-state index in [0.717, 1.165) is 12.5 Å². The van der Waals surface area contributed by atoms with E-state index in [9.17, 15) is 4.79 Å². The van der Waals surface area contributed by atoms with Gasteiger partial charge in [0.05, 0.1) is 0 Å². The number of carbonyl (C=O) groups is 1. The minimum absolute atomic E-state index is 0.183. The molecule has 4 nitrogen and oxygen atoms in total. The predicted molar refractivity (Wildman–Crippen MR) is 117 cm³/mol. The second kappa shape index (κ2) is 21.5. The Balaban J connectivity index is 3.51. The lowest BCUT2D eigenvalue weighted by atomic mass is 10.0. The first kappa shape index (κ1) is 26.2. The molecule has 0 aromatic rings. The van der Waals surface area contributed by atoms with E-state index in [-0.39, 0.29) is 5.76 Å². The van der Waals surface area contributed by atoms with Crippen LogP contribution in [-0.2, 0) is 9.68 Å². The highest BCUT2D eigenvalue weighted by Gasteiger charge is 1.93. The fraction of sp³-hybridized carbons (Fsp3) is 0.625. The molecule has 2 N–H and O–H groups in total. The van der Waals surface area contributed by atoms with Crippen molar-refractivity contribution in [1.82, 2.24) is 0 Å². The molecule has 0 aromatic heterocycles. The molecule has 0 aliphatic heterocycles. The van der Waals surface area contributed by atoms with Gasteiger partial charge in [-0.1, -0.05) is 108 Å². The zero-order valence-corrected chi connectivity index (χ0v) is 17.7. The van der Waals surface area contributed by atoms with Crippen LogP contribution in [0.2, 0.25) is 0 Å². The van der Waals surface area contributed by atoms with E-state index >= 15 is 0 Å². The zero-order valence-electron chi connectivity index (χ0n) is 17.7. The Morgan fingerprint density at radius 3 is 1.79 bits per heavy atom. The highest BCUT2D eigenvalue weighted by Crippen LogP contribution is 2.13. The molecule has 0 atom stereocenters.